The Balaban J connectivity index is 2.52. The molecule has 0 saturated heterocycles. The van der Waals surface area contributed by atoms with Gasteiger partial charge < -0.3 is 10.4 Å². The molecule has 0 radical (unpaired) electrons. The van der Waals surface area contributed by atoms with E-state index in [2.05, 4.69) is 5.32 Å². The second-order valence-electron chi connectivity index (χ2n) is 4.72. The van der Waals surface area contributed by atoms with Crippen molar-refractivity contribution in [3.63, 3.8) is 0 Å². The van der Waals surface area contributed by atoms with Crippen molar-refractivity contribution >= 4 is 0 Å². The van der Waals surface area contributed by atoms with E-state index in [9.17, 15) is 13.9 Å². The molecule has 0 aliphatic carbocycles. The van der Waals surface area contributed by atoms with Crippen LogP contribution < -0.4 is 5.32 Å². The van der Waals surface area contributed by atoms with Crippen LogP contribution in [0.25, 0.3) is 0 Å². The maximum Gasteiger partial charge on any atom is 0.159 e. The molecule has 0 saturated carbocycles. The van der Waals surface area contributed by atoms with Gasteiger partial charge >= 0.3 is 0 Å². The number of rotatable bonds is 7. The van der Waals surface area contributed by atoms with Crippen molar-refractivity contribution in [3.8, 4) is 0 Å². The second kappa shape index (κ2) is 6.81. The number of hydrogen-bond acceptors (Lipinski definition) is 2. The largest absolute Gasteiger partial charge is 0.396 e. The Morgan fingerprint density at radius 3 is 2.33 bits per heavy atom. The summed E-state index contributed by atoms with van der Waals surface area (Å²) in [7, 11) is 0. The summed E-state index contributed by atoms with van der Waals surface area (Å²) in [5.41, 5.74) is 0.575. The molecule has 0 aliphatic heterocycles. The number of halogens is 2. The third-order valence-electron chi connectivity index (χ3n) is 3.65. The number of aliphatic hydroxyl groups is 1. The third-order valence-corrected chi connectivity index (χ3v) is 3.65. The van der Waals surface area contributed by atoms with Crippen LogP contribution in [0.1, 0.15) is 32.3 Å². The summed E-state index contributed by atoms with van der Waals surface area (Å²) in [5.74, 6) is -1.65. The minimum atomic E-state index is -0.828. The quantitative estimate of drug-likeness (QED) is 0.787. The van der Waals surface area contributed by atoms with Crippen LogP contribution in [-0.2, 0) is 6.54 Å². The number of aliphatic hydroxyl groups excluding tert-OH is 1. The molecule has 0 unspecified atom stereocenters. The van der Waals surface area contributed by atoms with Crippen LogP contribution in [-0.4, -0.2) is 18.3 Å². The highest BCUT2D eigenvalue weighted by Crippen LogP contribution is 2.24. The van der Waals surface area contributed by atoms with Crippen molar-refractivity contribution in [2.24, 2.45) is 5.41 Å². The van der Waals surface area contributed by atoms with E-state index in [0.717, 1.165) is 18.9 Å². The van der Waals surface area contributed by atoms with Crippen LogP contribution in [0.4, 0.5) is 8.78 Å². The molecule has 0 heterocycles. The van der Waals surface area contributed by atoms with Crippen molar-refractivity contribution in [2.75, 3.05) is 13.2 Å². The Labute approximate surface area is 107 Å². The molecule has 0 aromatic heterocycles. The third kappa shape index (κ3) is 3.75. The number of nitrogens with one attached hydrogen (secondary N) is 1. The Morgan fingerprint density at radius 2 is 1.83 bits per heavy atom. The van der Waals surface area contributed by atoms with Crippen molar-refractivity contribution in [1.82, 2.24) is 5.32 Å². The summed E-state index contributed by atoms with van der Waals surface area (Å²) in [4.78, 5) is 0. The molecular weight excluding hydrogens is 236 g/mol. The zero-order chi connectivity index (χ0) is 13.6. The molecule has 2 nitrogen and oxygen atoms in total. The van der Waals surface area contributed by atoms with Gasteiger partial charge in [0, 0.05) is 25.1 Å². The molecule has 0 amide bonds. The average Bonchev–Trinajstić information content (AvgIpc) is 2.39. The highest BCUT2D eigenvalue weighted by molar-refractivity contribution is 5.17. The Kier molecular flexibility index (Phi) is 5.69. The maximum absolute atomic E-state index is 13.0. The van der Waals surface area contributed by atoms with E-state index < -0.39 is 11.6 Å². The van der Waals surface area contributed by atoms with E-state index in [1.54, 1.807) is 6.07 Å². The lowest BCUT2D eigenvalue weighted by Crippen LogP contribution is -2.36. The predicted octanol–water partition coefficient (Wildman–Crippen LogP) is 2.85. The summed E-state index contributed by atoms with van der Waals surface area (Å²) in [5, 5.41) is 12.6. The first kappa shape index (κ1) is 15.1. The maximum atomic E-state index is 13.0. The monoisotopic (exact) mass is 257 g/mol. The molecule has 0 aliphatic rings. The summed E-state index contributed by atoms with van der Waals surface area (Å²) in [6, 6.07) is 3.88. The van der Waals surface area contributed by atoms with E-state index in [1.807, 2.05) is 13.8 Å². The smallest absolute Gasteiger partial charge is 0.159 e. The van der Waals surface area contributed by atoms with Gasteiger partial charge in [-0.05, 0) is 30.5 Å². The molecule has 1 aromatic carbocycles. The zero-order valence-electron chi connectivity index (χ0n) is 11.0. The van der Waals surface area contributed by atoms with Gasteiger partial charge in [0.25, 0.3) is 0 Å². The van der Waals surface area contributed by atoms with Crippen molar-refractivity contribution < 1.29 is 13.9 Å². The van der Waals surface area contributed by atoms with Gasteiger partial charge in [-0.1, -0.05) is 19.9 Å². The molecule has 102 valence electrons. The van der Waals surface area contributed by atoms with E-state index in [1.165, 1.54) is 6.07 Å². The van der Waals surface area contributed by atoms with Gasteiger partial charge in [-0.3, -0.25) is 0 Å². The first-order valence-electron chi connectivity index (χ1n) is 6.32. The van der Waals surface area contributed by atoms with Gasteiger partial charge in [0.15, 0.2) is 11.6 Å². The van der Waals surface area contributed by atoms with E-state index in [4.69, 9.17) is 0 Å². The van der Waals surface area contributed by atoms with Crippen LogP contribution >= 0.6 is 0 Å². The normalized spacial score (nSPS) is 11.8. The highest BCUT2D eigenvalue weighted by Gasteiger charge is 2.24. The van der Waals surface area contributed by atoms with E-state index >= 15 is 0 Å². The minimum absolute atomic E-state index is 0.126. The van der Waals surface area contributed by atoms with Gasteiger partial charge in [0.05, 0.1) is 0 Å². The lowest BCUT2D eigenvalue weighted by molar-refractivity contribution is 0.113. The molecular formula is C14H21F2NO. The Morgan fingerprint density at radius 1 is 1.17 bits per heavy atom. The van der Waals surface area contributed by atoms with Crippen molar-refractivity contribution in [1.29, 1.82) is 0 Å². The van der Waals surface area contributed by atoms with E-state index in [0.29, 0.717) is 18.7 Å². The second-order valence-corrected chi connectivity index (χ2v) is 4.72. The highest BCUT2D eigenvalue weighted by atomic mass is 19.2. The molecule has 0 atom stereocenters. The lowest BCUT2D eigenvalue weighted by Gasteiger charge is -2.29. The number of benzene rings is 1. The van der Waals surface area contributed by atoms with Crippen LogP contribution in [0.3, 0.4) is 0 Å². The average molecular weight is 257 g/mol. The molecule has 1 aromatic rings. The van der Waals surface area contributed by atoms with Gasteiger partial charge in [-0.15, -0.1) is 0 Å². The predicted molar refractivity (Wildman–Crippen MR) is 68.2 cm³/mol. The fraction of sp³-hybridized carbons (Fsp3) is 0.571. The van der Waals surface area contributed by atoms with Crippen LogP contribution in [0.2, 0.25) is 0 Å². The van der Waals surface area contributed by atoms with Gasteiger partial charge in [-0.2, -0.15) is 0 Å². The van der Waals surface area contributed by atoms with Gasteiger partial charge in [0.2, 0.25) is 0 Å². The summed E-state index contributed by atoms with van der Waals surface area (Å²) < 4.78 is 25.7. The molecule has 0 fully saturated rings. The van der Waals surface area contributed by atoms with Crippen LogP contribution in [0.5, 0.6) is 0 Å². The SMILES string of the molecule is CCC(CC)(CO)CNCc1ccc(F)c(F)c1. The fourth-order valence-corrected chi connectivity index (χ4v) is 1.90. The van der Waals surface area contributed by atoms with Crippen LogP contribution in [0, 0.1) is 17.0 Å². The molecule has 18 heavy (non-hydrogen) atoms. The fourth-order valence-electron chi connectivity index (χ4n) is 1.90. The molecule has 0 spiro atoms. The molecule has 0 bridgehead atoms. The van der Waals surface area contributed by atoms with Gasteiger partial charge in [-0.25, -0.2) is 8.78 Å². The molecule has 1 rings (SSSR count). The lowest BCUT2D eigenvalue weighted by atomic mass is 9.83. The standard InChI is InChI=1S/C14H21F2NO/c1-3-14(4-2,10-18)9-17-8-11-5-6-12(15)13(16)7-11/h5-7,17-18H,3-4,8-10H2,1-2H3. The summed E-state index contributed by atoms with van der Waals surface area (Å²) in [6.45, 7) is 5.34. The molecule has 2 N–H and O–H groups in total. The minimum Gasteiger partial charge on any atom is -0.396 e. The zero-order valence-corrected chi connectivity index (χ0v) is 11.0. The van der Waals surface area contributed by atoms with Crippen molar-refractivity contribution in [2.45, 2.75) is 33.2 Å². The Bertz CT molecular complexity index is 370. The summed E-state index contributed by atoms with van der Waals surface area (Å²) >= 11 is 0. The van der Waals surface area contributed by atoms with Crippen LogP contribution in [0.15, 0.2) is 18.2 Å². The van der Waals surface area contributed by atoms with E-state index in [-0.39, 0.29) is 12.0 Å². The first-order chi connectivity index (χ1) is 8.56. The molecule has 4 heteroatoms. The van der Waals surface area contributed by atoms with Crippen molar-refractivity contribution in [3.05, 3.63) is 35.4 Å². The number of hydrogen-bond donors (Lipinski definition) is 2. The first-order valence-corrected chi connectivity index (χ1v) is 6.32. The summed E-state index contributed by atoms with van der Waals surface area (Å²) in [6.07, 6.45) is 1.76. The Hall–Kier alpha value is -1.00. The topological polar surface area (TPSA) is 32.3 Å². The van der Waals surface area contributed by atoms with Gasteiger partial charge in [0.1, 0.15) is 0 Å².